The fourth-order valence-corrected chi connectivity index (χ4v) is 4.65. The fraction of sp³-hybridized carbons (Fsp3) is 0.222. The number of hydrogen-bond donors (Lipinski definition) is 2. The Morgan fingerprint density at radius 2 is 1.83 bits per heavy atom. The number of fused-ring (bicyclic) bond motifs is 1. The van der Waals surface area contributed by atoms with E-state index in [1.807, 2.05) is 6.92 Å². The number of carbonyl (C=O) groups is 3. The third-order valence-corrected chi connectivity index (χ3v) is 6.56. The van der Waals surface area contributed by atoms with Gasteiger partial charge in [0.2, 0.25) is 0 Å². The second-order valence-corrected chi connectivity index (χ2v) is 9.29. The molecule has 1 unspecified atom stereocenters. The van der Waals surface area contributed by atoms with Crippen molar-refractivity contribution < 1.29 is 19.1 Å². The molecule has 0 spiro atoms. The molecule has 1 aliphatic rings. The van der Waals surface area contributed by atoms with Crippen molar-refractivity contribution >= 4 is 52.4 Å². The van der Waals surface area contributed by atoms with Crippen LogP contribution in [0.5, 0.6) is 0 Å². The Morgan fingerprint density at radius 3 is 2.56 bits per heavy atom. The first-order valence-corrected chi connectivity index (χ1v) is 12.2. The van der Waals surface area contributed by atoms with Gasteiger partial charge in [-0.3, -0.25) is 14.4 Å². The first-order valence-electron chi connectivity index (χ1n) is 11.5. The number of ether oxygens (including phenoxy) is 1. The number of hydrogen-bond acceptors (Lipinski definition) is 5. The molecule has 0 fully saturated rings. The maximum Gasteiger partial charge on any atom is 0.320 e. The number of amides is 2. The Labute approximate surface area is 219 Å². The Balaban J connectivity index is 1.60. The van der Waals surface area contributed by atoms with Gasteiger partial charge in [0.05, 0.1) is 22.8 Å². The molecule has 3 N–H and O–H groups in total. The Kier molecular flexibility index (Phi) is 7.94. The zero-order valence-corrected chi connectivity index (χ0v) is 21.1. The van der Waals surface area contributed by atoms with Crippen LogP contribution in [0.2, 0.25) is 10.0 Å². The number of benzene rings is 3. The van der Waals surface area contributed by atoms with Gasteiger partial charge in [-0.15, -0.1) is 0 Å². The van der Waals surface area contributed by atoms with E-state index in [2.05, 4.69) is 5.32 Å². The van der Waals surface area contributed by atoms with Crippen molar-refractivity contribution in [1.29, 1.82) is 0 Å². The van der Waals surface area contributed by atoms with Crippen molar-refractivity contribution in [2.45, 2.75) is 25.9 Å². The predicted octanol–water partition coefficient (Wildman–Crippen LogP) is 5.54. The highest BCUT2D eigenvalue weighted by Crippen LogP contribution is 2.38. The molecule has 0 saturated heterocycles. The summed E-state index contributed by atoms with van der Waals surface area (Å²) in [6.07, 6.45) is 0.608. The molecule has 1 atom stereocenters. The van der Waals surface area contributed by atoms with Crippen LogP contribution in [0.15, 0.2) is 60.7 Å². The molecule has 9 heteroatoms. The molecule has 0 bridgehead atoms. The number of nitrogens with two attached hydrogens (primary N) is 1. The molecule has 1 aliphatic heterocycles. The van der Waals surface area contributed by atoms with Gasteiger partial charge < -0.3 is 20.7 Å². The highest BCUT2D eigenvalue weighted by molar-refractivity contribution is 6.34. The van der Waals surface area contributed by atoms with Crippen LogP contribution >= 0.6 is 23.2 Å². The zero-order valence-electron chi connectivity index (χ0n) is 19.6. The lowest BCUT2D eigenvalue weighted by molar-refractivity contribution is -0.148. The number of esters is 1. The van der Waals surface area contributed by atoms with Gasteiger partial charge in [0, 0.05) is 28.4 Å². The number of carbonyl (C=O) groups excluding carboxylic acids is 3. The van der Waals surface area contributed by atoms with Crippen molar-refractivity contribution in [3.8, 4) is 0 Å². The number of aryl methyl sites for hydroxylation is 1. The highest BCUT2D eigenvalue weighted by Gasteiger charge is 2.30. The smallest absolute Gasteiger partial charge is 0.320 e. The maximum atomic E-state index is 13.7. The van der Waals surface area contributed by atoms with Crippen LogP contribution in [0.25, 0.3) is 0 Å². The van der Waals surface area contributed by atoms with Crippen LogP contribution in [0.4, 0.5) is 11.4 Å². The molecule has 7 nitrogen and oxygen atoms in total. The average molecular weight is 526 g/mol. The summed E-state index contributed by atoms with van der Waals surface area (Å²) in [7, 11) is 0. The first kappa shape index (κ1) is 25.7. The van der Waals surface area contributed by atoms with Crippen LogP contribution in [-0.4, -0.2) is 30.9 Å². The summed E-state index contributed by atoms with van der Waals surface area (Å²) >= 11 is 12.4. The van der Waals surface area contributed by atoms with Gasteiger partial charge >= 0.3 is 5.97 Å². The van der Waals surface area contributed by atoms with Crippen molar-refractivity contribution in [2.24, 2.45) is 5.73 Å². The van der Waals surface area contributed by atoms with E-state index in [0.29, 0.717) is 63.1 Å². The molecule has 1 heterocycles. The van der Waals surface area contributed by atoms with Crippen LogP contribution in [0.3, 0.4) is 0 Å². The fourth-order valence-electron chi connectivity index (χ4n) is 4.25. The molecule has 2 amide bonds. The molecular formula is C27H25Cl2N3O4. The van der Waals surface area contributed by atoms with E-state index in [4.69, 9.17) is 33.7 Å². The number of anilines is 2. The SMILES string of the molecule is Cc1cc(NC(=O)c2ccccc2Cl)ccc1C(=O)N1CCCC(OC(=O)CN)c2cc(Cl)ccc21. The van der Waals surface area contributed by atoms with Gasteiger partial charge in [-0.05, 0) is 73.9 Å². The minimum absolute atomic E-state index is 0.203. The lowest BCUT2D eigenvalue weighted by Gasteiger charge is -2.25. The summed E-state index contributed by atoms with van der Waals surface area (Å²) < 4.78 is 5.55. The summed E-state index contributed by atoms with van der Waals surface area (Å²) in [4.78, 5) is 39.8. The number of nitrogens with zero attached hydrogens (tertiary/aromatic N) is 1. The van der Waals surface area contributed by atoms with Crippen molar-refractivity contribution in [1.82, 2.24) is 0 Å². The number of rotatable bonds is 5. The second kappa shape index (κ2) is 11.1. The summed E-state index contributed by atoms with van der Waals surface area (Å²) in [6, 6.07) is 17.1. The molecule has 186 valence electrons. The molecule has 3 aromatic carbocycles. The van der Waals surface area contributed by atoms with Gasteiger partial charge in [-0.2, -0.15) is 0 Å². The first-order chi connectivity index (χ1) is 17.3. The lowest BCUT2D eigenvalue weighted by atomic mass is 10.0. The lowest BCUT2D eigenvalue weighted by Crippen LogP contribution is -2.32. The topological polar surface area (TPSA) is 102 Å². The van der Waals surface area contributed by atoms with E-state index in [9.17, 15) is 14.4 Å². The molecule has 0 saturated carbocycles. The predicted molar refractivity (Wildman–Crippen MR) is 141 cm³/mol. The van der Waals surface area contributed by atoms with Gasteiger partial charge in [0.1, 0.15) is 6.10 Å². The van der Waals surface area contributed by atoms with Crippen LogP contribution in [0.1, 0.15) is 50.8 Å². The molecule has 0 radical (unpaired) electrons. The van der Waals surface area contributed by atoms with Gasteiger partial charge in [0.15, 0.2) is 0 Å². The van der Waals surface area contributed by atoms with E-state index in [1.54, 1.807) is 65.6 Å². The summed E-state index contributed by atoms with van der Waals surface area (Å²) in [5.74, 6) is -1.06. The Bertz CT molecular complexity index is 1330. The van der Waals surface area contributed by atoms with Crippen molar-refractivity contribution in [3.05, 3.63) is 93.0 Å². The number of nitrogens with one attached hydrogen (secondary N) is 1. The average Bonchev–Trinajstić information content (AvgIpc) is 3.03. The van der Waals surface area contributed by atoms with Crippen molar-refractivity contribution in [3.63, 3.8) is 0 Å². The minimum atomic E-state index is -0.545. The third kappa shape index (κ3) is 5.54. The largest absolute Gasteiger partial charge is 0.456 e. The van der Waals surface area contributed by atoms with E-state index < -0.39 is 12.1 Å². The number of halogens is 2. The van der Waals surface area contributed by atoms with Crippen LogP contribution in [-0.2, 0) is 9.53 Å². The normalized spacial score (nSPS) is 15.0. The minimum Gasteiger partial charge on any atom is -0.456 e. The van der Waals surface area contributed by atoms with Gasteiger partial charge in [-0.1, -0.05) is 35.3 Å². The zero-order chi connectivity index (χ0) is 25.8. The summed E-state index contributed by atoms with van der Waals surface area (Å²) in [5, 5.41) is 3.66. The van der Waals surface area contributed by atoms with E-state index >= 15 is 0 Å². The second-order valence-electron chi connectivity index (χ2n) is 8.45. The maximum absolute atomic E-state index is 13.7. The van der Waals surface area contributed by atoms with Crippen LogP contribution in [0, 0.1) is 6.92 Å². The van der Waals surface area contributed by atoms with Gasteiger partial charge in [-0.25, -0.2) is 0 Å². The molecule has 36 heavy (non-hydrogen) atoms. The standard InChI is InChI=1S/C27H25Cl2N3O4/c1-16-13-18(31-26(34)20-5-2-3-6-22(20)29)9-10-19(16)27(35)32-12-4-7-24(36-25(33)15-30)21-14-17(28)8-11-23(21)32/h2-3,5-6,8-11,13-14,24H,4,7,12,15,30H2,1H3,(H,31,34). The van der Waals surface area contributed by atoms with Gasteiger partial charge in [0.25, 0.3) is 11.8 Å². The summed E-state index contributed by atoms with van der Waals surface area (Å²) in [6.45, 7) is 2.02. The van der Waals surface area contributed by atoms with E-state index in [1.165, 1.54) is 0 Å². The highest BCUT2D eigenvalue weighted by atomic mass is 35.5. The molecule has 4 rings (SSSR count). The van der Waals surface area contributed by atoms with E-state index in [-0.39, 0.29) is 18.4 Å². The molecular weight excluding hydrogens is 501 g/mol. The van der Waals surface area contributed by atoms with Crippen LogP contribution < -0.4 is 16.0 Å². The molecule has 0 aliphatic carbocycles. The monoisotopic (exact) mass is 525 g/mol. The molecule has 0 aromatic heterocycles. The quantitative estimate of drug-likeness (QED) is 0.426. The third-order valence-electron chi connectivity index (χ3n) is 5.99. The van der Waals surface area contributed by atoms with Crippen molar-refractivity contribution in [2.75, 3.05) is 23.3 Å². The Hall–Kier alpha value is -3.39. The molecule has 3 aromatic rings. The Morgan fingerprint density at radius 1 is 1.06 bits per heavy atom. The summed E-state index contributed by atoms with van der Waals surface area (Å²) in [5.41, 5.74) is 8.82. The van der Waals surface area contributed by atoms with E-state index in [0.717, 1.165) is 0 Å².